The van der Waals surface area contributed by atoms with E-state index in [1.165, 1.54) is 18.9 Å². The van der Waals surface area contributed by atoms with E-state index in [9.17, 15) is 9.90 Å². The standard InChI is InChI=1S/C20H24N2O4/c1-14-12-17(25-2)11-10-15(14)6-5-9-19(23)22-21-13-16-7-4-8-18(26-3)20(16)24/h4,7-8,10-13,24H,5-6,9H2,1-3H3,(H,22,23). The zero-order valence-electron chi connectivity index (χ0n) is 15.3. The Labute approximate surface area is 153 Å². The van der Waals surface area contributed by atoms with Crippen molar-refractivity contribution in [1.29, 1.82) is 0 Å². The fourth-order valence-electron chi connectivity index (χ4n) is 2.55. The van der Waals surface area contributed by atoms with Gasteiger partial charge < -0.3 is 14.6 Å². The molecule has 2 aromatic carbocycles. The monoisotopic (exact) mass is 356 g/mol. The quantitative estimate of drug-likeness (QED) is 0.562. The van der Waals surface area contributed by atoms with Crippen LogP contribution in [0.25, 0.3) is 0 Å². The molecule has 0 heterocycles. The zero-order valence-corrected chi connectivity index (χ0v) is 15.3. The van der Waals surface area contributed by atoms with Crippen LogP contribution in [0.3, 0.4) is 0 Å². The van der Waals surface area contributed by atoms with Crippen molar-refractivity contribution in [2.75, 3.05) is 14.2 Å². The first-order chi connectivity index (χ1) is 12.5. The number of amides is 1. The first-order valence-corrected chi connectivity index (χ1v) is 8.36. The summed E-state index contributed by atoms with van der Waals surface area (Å²) in [7, 11) is 3.12. The summed E-state index contributed by atoms with van der Waals surface area (Å²) in [6, 6.07) is 11.0. The molecule has 1 amide bonds. The molecule has 0 aliphatic rings. The molecule has 0 saturated carbocycles. The fourth-order valence-corrected chi connectivity index (χ4v) is 2.55. The Morgan fingerprint density at radius 1 is 1.23 bits per heavy atom. The maximum absolute atomic E-state index is 11.9. The first-order valence-electron chi connectivity index (χ1n) is 8.36. The number of para-hydroxylation sites is 1. The Kier molecular flexibility index (Phi) is 7.02. The summed E-state index contributed by atoms with van der Waals surface area (Å²) in [4.78, 5) is 11.9. The van der Waals surface area contributed by atoms with Crippen LogP contribution in [0.1, 0.15) is 29.5 Å². The number of hydrazone groups is 1. The highest BCUT2D eigenvalue weighted by Gasteiger charge is 2.06. The molecule has 0 aromatic heterocycles. The third-order valence-electron chi connectivity index (χ3n) is 4.04. The van der Waals surface area contributed by atoms with Crippen LogP contribution in [0, 0.1) is 6.92 Å². The van der Waals surface area contributed by atoms with Crippen LogP contribution in [-0.2, 0) is 11.2 Å². The smallest absolute Gasteiger partial charge is 0.240 e. The molecule has 2 aromatic rings. The lowest BCUT2D eigenvalue weighted by molar-refractivity contribution is -0.121. The number of benzene rings is 2. The van der Waals surface area contributed by atoms with Crippen LogP contribution in [0.4, 0.5) is 0 Å². The van der Waals surface area contributed by atoms with E-state index < -0.39 is 0 Å². The molecule has 0 aliphatic carbocycles. The van der Waals surface area contributed by atoms with Gasteiger partial charge in [-0.2, -0.15) is 5.10 Å². The van der Waals surface area contributed by atoms with E-state index in [1.807, 2.05) is 25.1 Å². The van der Waals surface area contributed by atoms with Gasteiger partial charge in [-0.3, -0.25) is 4.79 Å². The number of methoxy groups -OCH3 is 2. The lowest BCUT2D eigenvalue weighted by Crippen LogP contribution is -2.17. The molecule has 0 bridgehead atoms. The topological polar surface area (TPSA) is 80.2 Å². The number of phenolic OH excluding ortho intramolecular Hbond substituents is 1. The number of carbonyl (C=O) groups is 1. The maximum Gasteiger partial charge on any atom is 0.240 e. The lowest BCUT2D eigenvalue weighted by Gasteiger charge is -2.08. The highest BCUT2D eigenvalue weighted by molar-refractivity contribution is 5.86. The maximum atomic E-state index is 11.9. The summed E-state index contributed by atoms with van der Waals surface area (Å²) in [5.74, 6) is 1.01. The van der Waals surface area contributed by atoms with Crippen molar-refractivity contribution < 1.29 is 19.4 Å². The molecule has 138 valence electrons. The van der Waals surface area contributed by atoms with Gasteiger partial charge in [0.1, 0.15) is 5.75 Å². The largest absolute Gasteiger partial charge is 0.504 e. The zero-order chi connectivity index (χ0) is 18.9. The Morgan fingerprint density at radius 2 is 2.04 bits per heavy atom. The van der Waals surface area contributed by atoms with Gasteiger partial charge >= 0.3 is 0 Å². The number of hydrogen-bond donors (Lipinski definition) is 2. The van der Waals surface area contributed by atoms with E-state index in [2.05, 4.69) is 10.5 Å². The molecule has 0 atom stereocenters. The molecule has 0 unspecified atom stereocenters. The second-order valence-corrected chi connectivity index (χ2v) is 5.84. The number of carbonyl (C=O) groups excluding carboxylic acids is 1. The molecule has 0 saturated heterocycles. The SMILES string of the molecule is COc1ccc(CCCC(=O)NN=Cc2cccc(OC)c2O)c(C)c1. The number of ether oxygens (including phenoxy) is 2. The summed E-state index contributed by atoms with van der Waals surface area (Å²) >= 11 is 0. The van der Waals surface area contributed by atoms with Crippen LogP contribution in [-0.4, -0.2) is 31.4 Å². The van der Waals surface area contributed by atoms with Crippen molar-refractivity contribution >= 4 is 12.1 Å². The summed E-state index contributed by atoms with van der Waals surface area (Å²) in [6.45, 7) is 2.03. The number of nitrogens with one attached hydrogen (secondary N) is 1. The van der Waals surface area contributed by atoms with Crippen LogP contribution in [0.5, 0.6) is 17.2 Å². The second kappa shape index (κ2) is 9.46. The summed E-state index contributed by atoms with van der Waals surface area (Å²) < 4.78 is 10.2. The first kappa shape index (κ1) is 19.3. The van der Waals surface area contributed by atoms with Gasteiger partial charge in [0.25, 0.3) is 0 Å². The molecule has 0 radical (unpaired) electrons. The predicted molar refractivity (Wildman–Crippen MR) is 101 cm³/mol. The van der Waals surface area contributed by atoms with E-state index in [4.69, 9.17) is 9.47 Å². The number of nitrogens with zero attached hydrogens (tertiary/aromatic N) is 1. The molecule has 0 aliphatic heterocycles. The summed E-state index contributed by atoms with van der Waals surface area (Å²) in [6.07, 6.45) is 3.29. The third kappa shape index (κ3) is 5.24. The fraction of sp³-hybridized carbons (Fsp3) is 0.300. The molecule has 2 rings (SSSR count). The minimum atomic E-state index is -0.171. The molecular formula is C20H24N2O4. The van der Waals surface area contributed by atoms with E-state index in [-0.39, 0.29) is 11.7 Å². The Bertz CT molecular complexity index is 787. The van der Waals surface area contributed by atoms with Crippen LogP contribution in [0.15, 0.2) is 41.5 Å². The molecule has 0 fully saturated rings. The van der Waals surface area contributed by atoms with E-state index in [0.717, 1.165) is 24.2 Å². The molecule has 6 nitrogen and oxygen atoms in total. The van der Waals surface area contributed by atoms with Crippen LogP contribution >= 0.6 is 0 Å². The summed E-state index contributed by atoms with van der Waals surface area (Å²) in [5, 5.41) is 13.8. The van der Waals surface area contributed by atoms with Gasteiger partial charge in [0.2, 0.25) is 5.91 Å². The Hall–Kier alpha value is -3.02. The number of aromatic hydroxyl groups is 1. The number of rotatable bonds is 8. The average Bonchev–Trinajstić information content (AvgIpc) is 2.64. The second-order valence-electron chi connectivity index (χ2n) is 5.84. The molecule has 26 heavy (non-hydrogen) atoms. The van der Waals surface area contributed by atoms with Crippen molar-refractivity contribution in [3.8, 4) is 17.2 Å². The van der Waals surface area contributed by atoms with Gasteiger partial charge in [-0.15, -0.1) is 0 Å². The lowest BCUT2D eigenvalue weighted by atomic mass is 10.0. The number of aryl methyl sites for hydroxylation is 2. The van der Waals surface area contributed by atoms with Gasteiger partial charge in [0, 0.05) is 12.0 Å². The Balaban J connectivity index is 1.81. The highest BCUT2D eigenvalue weighted by Crippen LogP contribution is 2.27. The third-order valence-corrected chi connectivity index (χ3v) is 4.04. The van der Waals surface area contributed by atoms with Crippen LogP contribution in [0.2, 0.25) is 0 Å². The van der Waals surface area contributed by atoms with E-state index >= 15 is 0 Å². The van der Waals surface area contributed by atoms with Gasteiger partial charge in [-0.1, -0.05) is 12.1 Å². The number of phenols is 1. The number of hydrogen-bond acceptors (Lipinski definition) is 5. The minimum absolute atomic E-state index is 0.0111. The molecule has 6 heteroatoms. The van der Waals surface area contributed by atoms with Gasteiger partial charge in [-0.05, 0) is 55.2 Å². The van der Waals surface area contributed by atoms with Gasteiger partial charge in [0.05, 0.1) is 20.4 Å². The summed E-state index contributed by atoms with van der Waals surface area (Å²) in [5.41, 5.74) is 5.29. The predicted octanol–water partition coefficient (Wildman–Crippen LogP) is 3.19. The molecule has 2 N–H and O–H groups in total. The highest BCUT2D eigenvalue weighted by atomic mass is 16.5. The van der Waals surface area contributed by atoms with Crippen molar-refractivity contribution in [2.24, 2.45) is 5.10 Å². The Morgan fingerprint density at radius 3 is 2.73 bits per heavy atom. The van der Waals surface area contributed by atoms with Crippen molar-refractivity contribution in [3.05, 3.63) is 53.1 Å². The van der Waals surface area contributed by atoms with E-state index in [1.54, 1.807) is 25.3 Å². The van der Waals surface area contributed by atoms with Gasteiger partial charge in [0.15, 0.2) is 11.5 Å². The molecular weight excluding hydrogens is 332 g/mol. The van der Waals surface area contributed by atoms with Crippen molar-refractivity contribution in [3.63, 3.8) is 0 Å². The van der Waals surface area contributed by atoms with E-state index in [0.29, 0.717) is 17.7 Å². The molecule has 0 spiro atoms. The minimum Gasteiger partial charge on any atom is -0.504 e. The normalized spacial score (nSPS) is 10.7. The van der Waals surface area contributed by atoms with Gasteiger partial charge in [-0.25, -0.2) is 5.43 Å². The van der Waals surface area contributed by atoms with Crippen LogP contribution < -0.4 is 14.9 Å². The van der Waals surface area contributed by atoms with Crippen molar-refractivity contribution in [2.45, 2.75) is 26.2 Å². The average molecular weight is 356 g/mol. The van der Waals surface area contributed by atoms with Crippen molar-refractivity contribution in [1.82, 2.24) is 5.43 Å².